The topological polar surface area (TPSA) is 20.3 Å². The lowest BCUT2D eigenvalue weighted by molar-refractivity contribution is 0.0668. The molecule has 1 aromatic rings. The van der Waals surface area contributed by atoms with E-state index < -0.39 is 5.54 Å². The molecule has 1 rings (SSSR count). The Labute approximate surface area is 133 Å². The molecule has 0 heterocycles. The summed E-state index contributed by atoms with van der Waals surface area (Å²) in [6, 6.07) is 5.81. The smallest absolute Gasteiger partial charge is 0.183 e. The van der Waals surface area contributed by atoms with Gasteiger partial charge in [0.15, 0.2) is 5.78 Å². The van der Waals surface area contributed by atoms with Gasteiger partial charge in [0, 0.05) is 5.56 Å². The van der Waals surface area contributed by atoms with Crippen LogP contribution in [0.5, 0.6) is 0 Å². The third kappa shape index (κ3) is 3.92. The summed E-state index contributed by atoms with van der Waals surface area (Å²) in [5.74, 6) is -0.296. The van der Waals surface area contributed by atoms with Gasteiger partial charge in [-0.3, -0.25) is 9.69 Å². The Morgan fingerprint density at radius 1 is 1.23 bits per heavy atom. The highest BCUT2D eigenvalue weighted by atomic mass is 19.1. The van der Waals surface area contributed by atoms with Gasteiger partial charge in [-0.2, -0.15) is 0 Å². The molecule has 1 aromatic carbocycles. The standard InChI is InChI=1S/C19H26FNO/c1-6-9-15(7-2)14-19(8-3,21(4)5)18(22)16-10-12-17(20)13-11-16/h6-7,9-13H,8,14H2,1-5H3/b9-6-,15-7+. The number of ketones is 1. The summed E-state index contributed by atoms with van der Waals surface area (Å²) in [7, 11) is 3.85. The van der Waals surface area contributed by atoms with Gasteiger partial charge in [-0.1, -0.05) is 30.7 Å². The van der Waals surface area contributed by atoms with Crippen LogP contribution < -0.4 is 0 Å². The second-order valence-corrected chi connectivity index (χ2v) is 5.66. The number of rotatable bonds is 7. The Bertz CT molecular complexity index is 557. The molecule has 0 aliphatic heterocycles. The normalized spacial score (nSPS) is 15.3. The van der Waals surface area contributed by atoms with Crippen molar-refractivity contribution < 1.29 is 9.18 Å². The van der Waals surface area contributed by atoms with E-state index in [9.17, 15) is 9.18 Å². The van der Waals surface area contributed by atoms with E-state index in [2.05, 4.69) is 0 Å². The van der Waals surface area contributed by atoms with Gasteiger partial charge in [0.2, 0.25) is 0 Å². The van der Waals surface area contributed by atoms with Crippen LogP contribution in [-0.4, -0.2) is 30.3 Å². The van der Waals surface area contributed by atoms with Crippen LogP contribution in [0.4, 0.5) is 4.39 Å². The molecule has 2 nitrogen and oxygen atoms in total. The van der Waals surface area contributed by atoms with Crippen molar-refractivity contribution in [3.05, 3.63) is 59.4 Å². The summed E-state index contributed by atoms with van der Waals surface area (Å²) in [4.78, 5) is 15.1. The number of Topliss-reactive ketones (excluding diaryl/α,β-unsaturated/α-hetero) is 1. The molecule has 0 amide bonds. The number of nitrogens with zero attached hydrogens (tertiary/aromatic N) is 1. The maximum absolute atomic E-state index is 13.1. The van der Waals surface area contributed by atoms with Crippen LogP contribution in [-0.2, 0) is 0 Å². The van der Waals surface area contributed by atoms with Crippen molar-refractivity contribution in [2.45, 2.75) is 39.2 Å². The van der Waals surface area contributed by atoms with E-state index in [-0.39, 0.29) is 11.6 Å². The summed E-state index contributed by atoms with van der Waals surface area (Å²) in [5.41, 5.74) is 1.04. The lowest BCUT2D eigenvalue weighted by Gasteiger charge is -2.38. The van der Waals surface area contributed by atoms with Crippen LogP contribution in [0.3, 0.4) is 0 Å². The molecule has 120 valence electrons. The molecule has 0 fully saturated rings. The summed E-state index contributed by atoms with van der Waals surface area (Å²) in [6.45, 7) is 5.97. The van der Waals surface area contributed by atoms with Gasteiger partial charge >= 0.3 is 0 Å². The van der Waals surface area contributed by atoms with E-state index in [0.29, 0.717) is 18.4 Å². The molecular weight excluding hydrogens is 277 g/mol. The molecule has 1 atom stereocenters. The SMILES string of the molecule is C/C=C\C(=C/C)CC(CC)(C(=O)c1ccc(F)cc1)N(C)C. The third-order valence-electron chi connectivity index (χ3n) is 4.22. The molecule has 0 saturated carbocycles. The molecule has 0 bridgehead atoms. The van der Waals surface area contributed by atoms with Gasteiger partial charge in [0.1, 0.15) is 5.82 Å². The number of likely N-dealkylation sites (N-methyl/N-ethyl adjacent to an activating group) is 1. The number of halogens is 1. The summed E-state index contributed by atoms with van der Waals surface area (Å²) >= 11 is 0. The molecule has 0 aliphatic carbocycles. The van der Waals surface area contributed by atoms with Gasteiger partial charge < -0.3 is 0 Å². The van der Waals surface area contributed by atoms with E-state index in [1.165, 1.54) is 12.1 Å². The molecule has 0 aromatic heterocycles. The van der Waals surface area contributed by atoms with Gasteiger partial charge in [-0.25, -0.2) is 4.39 Å². The highest BCUT2D eigenvalue weighted by Gasteiger charge is 2.39. The third-order valence-corrected chi connectivity index (χ3v) is 4.22. The van der Waals surface area contributed by atoms with Crippen molar-refractivity contribution in [2.24, 2.45) is 0 Å². The van der Waals surface area contributed by atoms with Crippen molar-refractivity contribution in [3.8, 4) is 0 Å². The molecule has 1 unspecified atom stereocenters. The van der Waals surface area contributed by atoms with Gasteiger partial charge in [-0.05, 0) is 65.0 Å². The first-order valence-electron chi connectivity index (χ1n) is 7.67. The number of allylic oxidation sites excluding steroid dienone is 3. The predicted octanol–water partition coefficient (Wildman–Crippen LogP) is 4.63. The molecule has 0 spiro atoms. The Balaban J connectivity index is 3.26. The van der Waals surface area contributed by atoms with Crippen molar-refractivity contribution in [3.63, 3.8) is 0 Å². The zero-order valence-corrected chi connectivity index (χ0v) is 14.2. The Morgan fingerprint density at radius 2 is 1.82 bits per heavy atom. The lowest BCUT2D eigenvalue weighted by atomic mass is 9.80. The lowest BCUT2D eigenvalue weighted by Crippen LogP contribution is -2.51. The minimum atomic E-state index is -0.626. The van der Waals surface area contributed by atoms with Gasteiger partial charge in [0.25, 0.3) is 0 Å². The first kappa shape index (κ1) is 18.3. The molecule has 0 radical (unpaired) electrons. The molecule has 0 saturated heterocycles. The largest absolute Gasteiger partial charge is 0.297 e. The Kier molecular flexibility index (Phi) is 6.69. The number of carbonyl (C=O) groups is 1. The maximum Gasteiger partial charge on any atom is 0.183 e. The zero-order valence-electron chi connectivity index (χ0n) is 14.2. The number of hydrogen-bond donors (Lipinski definition) is 0. The average Bonchev–Trinajstić information content (AvgIpc) is 2.51. The average molecular weight is 303 g/mol. The Hall–Kier alpha value is -1.74. The van der Waals surface area contributed by atoms with E-state index in [4.69, 9.17) is 0 Å². The Morgan fingerprint density at radius 3 is 2.23 bits per heavy atom. The monoisotopic (exact) mass is 303 g/mol. The zero-order chi connectivity index (χ0) is 16.8. The van der Waals surface area contributed by atoms with Crippen LogP contribution in [0.25, 0.3) is 0 Å². The number of carbonyl (C=O) groups excluding carboxylic acids is 1. The molecule has 3 heteroatoms. The van der Waals surface area contributed by atoms with Crippen LogP contribution >= 0.6 is 0 Å². The van der Waals surface area contributed by atoms with Crippen molar-refractivity contribution in [2.75, 3.05) is 14.1 Å². The predicted molar refractivity (Wildman–Crippen MR) is 90.6 cm³/mol. The van der Waals surface area contributed by atoms with Crippen molar-refractivity contribution in [1.29, 1.82) is 0 Å². The maximum atomic E-state index is 13.1. The molecular formula is C19H26FNO. The fraction of sp³-hybridized carbons (Fsp3) is 0.421. The minimum absolute atomic E-state index is 0.0313. The number of benzene rings is 1. The van der Waals surface area contributed by atoms with Crippen LogP contribution in [0.1, 0.15) is 44.0 Å². The van der Waals surface area contributed by atoms with Crippen LogP contribution in [0.15, 0.2) is 48.1 Å². The van der Waals surface area contributed by atoms with Crippen molar-refractivity contribution in [1.82, 2.24) is 4.90 Å². The van der Waals surface area contributed by atoms with Crippen LogP contribution in [0.2, 0.25) is 0 Å². The van der Waals surface area contributed by atoms with Gasteiger partial charge in [0.05, 0.1) is 5.54 Å². The summed E-state index contributed by atoms with van der Waals surface area (Å²) < 4.78 is 13.1. The van der Waals surface area contributed by atoms with E-state index in [1.807, 2.05) is 58.0 Å². The first-order valence-corrected chi connectivity index (χ1v) is 7.67. The molecule has 0 N–H and O–H groups in total. The molecule has 0 aliphatic rings. The van der Waals surface area contributed by atoms with Crippen LogP contribution in [0, 0.1) is 5.82 Å². The van der Waals surface area contributed by atoms with E-state index >= 15 is 0 Å². The second-order valence-electron chi connectivity index (χ2n) is 5.66. The van der Waals surface area contributed by atoms with Gasteiger partial charge in [-0.15, -0.1) is 0 Å². The first-order chi connectivity index (χ1) is 10.4. The second kappa shape index (κ2) is 8.04. The fourth-order valence-corrected chi connectivity index (χ4v) is 2.72. The summed E-state index contributed by atoms with van der Waals surface area (Å²) in [6.07, 6.45) is 7.37. The van der Waals surface area contributed by atoms with Crippen molar-refractivity contribution >= 4 is 5.78 Å². The number of hydrogen-bond acceptors (Lipinski definition) is 2. The highest BCUT2D eigenvalue weighted by Crippen LogP contribution is 2.30. The van der Waals surface area contributed by atoms with E-state index in [1.54, 1.807) is 12.1 Å². The van der Waals surface area contributed by atoms with E-state index in [0.717, 1.165) is 5.57 Å². The summed E-state index contributed by atoms with van der Waals surface area (Å²) in [5, 5.41) is 0. The molecule has 22 heavy (non-hydrogen) atoms. The quantitative estimate of drug-likeness (QED) is 0.540. The minimum Gasteiger partial charge on any atom is -0.297 e. The highest BCUT2D eigenvalue weighted by molar-refractivity contribution is 6.03. The fourth-order valence-electron chi connectivity index (χ4n) is 2.72.